The second kappa shape index (κ2) is 13.1. The summed E-state index contributed by atoms with van der Waals surface area (Å²) < 4.78 is 5.43. The summed E-state index contributed by atoms with van der Waals surface area (Å²) in [7, 11) is 4.22. The number of hydrogen-bond acceptors (Lipinski definition) is 7. The lowest BCUT2D eigenvalue weighted by atomic mass is 9.93. The summed E-state index contributed by atoms with van der Waals surface area (Å²) >= 11 is 0. The number of rotatable bonds is 11. The molecule has 3 aromatic rings. The monoisotopic (exact) mass is 530 g/mol. The highest BCUT2D eigenvalue weighted by Crippen LogP contribution is 2.26. The molecule has 1 aliphatic rings. The van der Waals surface area contributed by atoms with E-state index in [0.29, 0.717) is 18.8 Å². The van der Waals surface area contributed by atoms with Gasteiger partial charge in [0.05, 0.1) is 13.2 Å². The third kappa shape index (κ3) is 8.51. The van der Waals surface area contributed by atoms with E-state index in [9.17, 15) is 4.79 Å². The number of pyridine rings is 1. The summed E-state index contributed by atoms with van der Waals surface area (Å²) in [4.78, 5) is 21.9. The van der Waals surface area contributed by atoms with E-state index >= 15 is 0 Å². The van der Waals surface area contributed by atoms with Gasteiger partial charge in [0.15, 0.2) is 0 Å². The number of anilines is 4. The van der Waals surface area contributed by atoms with Crippen molar-refractivity contribution in [2.24, 2.45) is 5.41 Å². The molecule has 0 unspecified atom stereocenters. The molecular weight excluding hydrogens is 488 g/mol. The summed E-state index contributed by atoms with van der Waals surface area (Å²) in [6.07, 6.45) is 1.69. The van der Waals surface area contributed by atoms with E-state index in [1.165, 1.54) is 5.56 Å². The Balaban J connectivity index is 1.38. The highest BCUT2D eigenvalue weighted by molar-refractivity contribution is 6.05. The number of benzene rings is 2. The van der Waals surface area contributed by atoms with Crippen molar-refractivity contribution in [1.29, 1.82) is 0 Å². The van der Waals surface area contributed by atoms with Crippen molar-refractivity contribution < 1.29 is 9.53 Å². The van der Waals surface area contributed by atoms with Crippen molar-refractivity contribution >= 4 is 28.8 Å². The molecule has 0 aliphatic carbocycles. The minimum atomic E-state index is -0.160. The van der Waals surface area contributed by atoms with E-state index in [2.05, 4.69) is 89.9 Å². The van der Waals surface area contributed by atoms with Gasteiger partial charge >= 0.3 is 0 Å². The van der Waals surface area contributed by atoms with E-state index in [-0.39, 0.29) is 11.3 Å². The average molecular weight is 531 g/mol. The van der Waals surface area contributed by atoms with Crippen LogP contribution in [0.3, 0.4) is 0 Å². The summed E-state index contributed by atoms with van der Waals surface area (Å²) in [6.45, 7) is 12.3. The van der Waals surface area contributed by atoms with Gasteiger partial charge in [0.2, 0.25) is 0 Å². The number of amides is 1. The van der Waals surface area contributed by atoms with Crippen LogP contribution in [0.1, 0.15) is 35.3 Å². The predicted octanol–water partition coefficient (Wildman–Crippen LogP) is 4.90. The van der Waals surface area contributed by atoms with Crippen molar-refractivity contribution in [3.8, 4) is 0 Å². The zero-order valence-corrected chi connectivity index (χ0v) is 23.9. The van der Waals surface area contributed by atoms with Gasteiger partial charge < -0.3 is 30.5 Å². The first kappa shape index (κ1) is 28.5. The first-order valence-electron chi connectivity index (χ1n) is 13.6. The quantitative estimate of drug-likeness (QED) is 0.325. The summed E-state index contributed by atoms with van der Waals surface area (Å²) in [5.74, 6) is 0.639. The van der Waals surface area contributed by atoms with Crippen LogP contribution in [-0.4, -0.2) is 69.3 Å². The highest BCUT2D eigenvalue weighted by atomic mass is 16.5. The largest absolute Gasteiger partial charge is 0.378 e. The fourth-order valence-corrected chi connectivity index (χ4v) is 4.93. The third-order valence-corrected chi connectivity index (χ3v) is 6.72. The van der Waals surface area contributed by atoms with Gasteiger partial charge in [-0.2, -0.15) is 0 Å². The number of morpholine rings is 1. The molecule has 1 saturated heterocycles. The Morgan fingerprint density at radius 3 is 2.62 bits per heavy atom. The van der Waals surface area contributed by atoms with Gasteiger partial charge in [-0.3, -0.25) is 4.79 Å². The molecule has 8 heteroatoms. The van der Waals surface area contributed by atoms with Gasteiger partial charge in [-0.15, -0.1) is 0 Å². The third-order valence-electron chi connectivity index (χ3n) is 6.72. The van der Waals surface area contributed by atoms with Crippen molar-refractivity contribution in [3.63, 3.8) is 0 Å². The smallest absolute Gasteiger partial charge is 0.255 e. The number of carbonyl (C=O) groups is 1. The van der Waals surface area contributed by atoms with Crippen molar-refractivity contribution in [2.75, 3.05) is 69.0 Å². The molecule has 0 radical (unpaired) electrons. The van der Waals surface area contributed by atoms with Crippen LogP contribution in [0.25, 0.3) is 0 Å². The number of ether oxygens (including phenoxy) is 1. The Kier molecular flexibility index (Phi) is 9.56. The molecule has 3 N–H and O–H groups in total. The molecule has 1 aromatic heterocycles. The fourth-order valence-electron chi connectivity index (χ4n) is 4.93. The van der Waals surface area contributed by atoms with Crippen LogP contribution in [0.2, 0.25) is 0 Å². The summed E-state index contributed by atoms with van der Waals surface area (Å²) in [5, 5.41) is 10.2. The van der Waals surface area contributed by atoms with E-state index in [1.54, 1.807) is 12.3 Å². The number of nitrogens with one attached hydrogen (secondary N) is 3. The average Bonchev–Trinajstić information content (AvgIpc) is 2.90. The van der Waals surface area contributed by atoms with Gasteiger partial charge in [-0.25, -0.2) is 4.98 Å². The van der Waals surface area contributed by atoms with E-state index in [0.717, 1.165) is 61.2 Å². The zero-order valence-electron chi connectivity index (χ0n) is 23.9. The normalized spacial score (nSPS) is 13.9. The maximum Gasteiger partial charge on any atom is 0.255 e. The van der Waals surface area contributed by atoms with Crippen LogP contribution in [-0.2, 0) is 11.3 Å². The standard InChI is InChI=1S/C31H42N6O2/c1-23-9-10-27(35-30(38)25-11-12-33-29(18-25)37-13-15-39-16-14-37)19-28(23)34-26-8-6-7-24(17-26)20-32-21-31(2,3)22-36(4)5/h6-12,17-19,32,34H,13-16,20-22H2,1-5H3,(H,35,38). The molecule has 39 heavy (non-hydrogen) atoms. The SMILES string of the molecule is Cc1ccc(NC(=O)c2ccnc(N3CCOCC3)c2)cc1Nc1cccc(CNCC(C)(C)CN(C)C)c1. The Bertz CT molecular complexity index is 1250. The van der Waals surface area contributed by atoms with E-state index in [1.807, 2.05) is 24.3 Å². The second-order valence-corrected chi connectivity index (χ2v) is 11.3. The summed E-state index contributed by atoms with van der Waals surface area (Å²) in [6, 6.07) is 17.9. The van der Waals surface area contributed by atoms with E-state index in [4.69, 9.17) is 4.74 Å². The molecule has 2 heterocycles. The van der Waals surface area contributed by atoms with Crippen LogP contribution in [0.15, 0.2) is 60.8 Å². The molecule has 8 nitrogen and oxygen atoms in total. The molecule has 0 bridgehead atoms. The minimum Gasteiger partial charge on any atom is -0.378 e. The van der Waals surface area contributed by atoms with Gasteiger partial charge in [0, 0.05) is 61.5 Å². The van der Waals surface area contributed by atoms with Crippen LogP contribution < -0.4 is 20.9 Å². The number of aromatic nitrogens is 1. The maximum atomic E-state index is 13.1. The molecule has 2 aromatic carbocycles. The van der Waals surface area contributed by atoms with Crippen molar-refractivity contribution in [3.05, 3.63) is 77.5 Å². The zero-order chi connectivity index (χ0) is 27.8. The van der Waals surface area contributed by atoms with E-state index < -0.39 is 0 Å². The van der Waals surface area contributed by atoms with Gasteiger partial charge in [0.25, 0.3) is 5.91 Å². The number of carbonyl (C=O) groups excluding carboxylic acids is 1. The van der Waals surface area contributed by atoms with Crippen LogP contribution >= 0.6 is 0 Å². The molecule has 208 valence electrons. The lowest BCUT2D eigenvalue weighted by Crippen LogP contribution is -2.37. The fraction of sp³-hybridized carbons (Fsp3) is 0.419. The van der Waals surface area contributed by atoms with Crippen LogP contribution in [0.5, 0.6) is 0 Å². The maximum absolute atomic E-state index is 13.1. The van der Waals surface area contributed by atoms with Crippen molar-refractivity contribution in [2.45, 2.75) is 27.3 Å². The Morgan fingerprint density at radius 1 is 1.05 bits per heavy atom. The molecule has 0 atom stereocenters. The Hall–Kier alpha value is -3.46. The highest BCUT2D eigenvalue weighted by Gasteiger charge is 2.18. The summed E-state index contributed by atoms with van der Waals surface area (Å²) in [5.41, 5.74) is 5.79. The van der Waals surface area contributed by atoms with Gasteiger partial charge in [-0.1, -0.05) is 32.0 Å². The van der Waals surface area contributed by atoms with Crippen LogP contribution in [0.4, 0.5) is 22.9 Å². The first-order valence-corrected chi connectivity index (χ1v) is 13.6. The molecule has 1 fully saturated rings. The molecule has 0 spiro atoms. The van der Waals surface area contributed by atoms with Gasteiger partial charge in [-0.05, 0) is 74.0 Å². The molecular formula is C31H42N6O2. The number of hydrogen-bond donors (Lipinski definition) is 3. The second-order valence-electron chi connectivity index (χ2n) is 11.3. The van der Waals surface area contributed by atoms with Gasteiger partial charge in [0.1, 0.15) is 5.82 Å². The predicted molar refractivity (Wildman–Crippen MR) is 160 cm³/mol. The Morgan fingerprint density at radius 2 is 1.85 bits per heavy atom. The molecule has 4 rings (SSSR count). The lowest BCUT2D eigenvalue weighted by Gasteiger charge is -2.28. The lowest BCUT2D eigenvalue weighted by molar-refractivity contribution is 0.102. The Labute approximate surface area is 232 Å². The minimum absolute atomic E-state index is 0.160. The number of aryl methyl sites for hydroxylation is 1. The van der Waals surface area contributed by atoms with Crippen LogP contribution in [0, 0.1) is 12.3 Å². The number of nitrogens with zero attached hydrogens (tertiary/aromatic N) is 3. The topological polar surface area (TPSA) is 81.8 Å². The van der Waals surface area contributed by atoms with Crippen molar-refractivity contribution in [1.82, 2.24) is 15.2 Å². The molecule has 0 saturated carbocycles. The molecule has 1 aliphatic heterocycles. The first-order chi connectivity index (χ1) is 18.7. The molecule has 1 amide bonds.